The van der Waals surface area contributed by atoms with Crippen molar-refractivity contribution >= 4 is 33.4 Å². The van der Waals surface area contributed by atoms with E-state index in [0.29, 0.717) is 54.1 Å². The number of aromatic nitrogens is 3. The maximum absolute atomic E-state index is 15.7. The lowest BCUT2D eigenvalue weighted by atomic mass is 9.93. The van der Waals surface area contributed by atoms with Crippen LogP contribution in [0.1, 0.15) is 35.8 Å². The van der Waals surface area contributed by atoms with E-state index in [1.807, 2.05) is 67.4 Å². The molecular formula is C31H30FN5O2. The molecular weight excluding hydrogens is 493 g/mol. The molecule has 5 aromatic rings. The zero-order valence-electron chi connectivity index (χ0n) is 22.2. The number of rotatable bonds is 5. The van der Waals surface area contributed by atoms with Gasteiger partial charge in [-0.2, -0.15) is 0 Å². The number of hydrogen-bond acceptors (Lipinski definition) is 5. The average Bonchev–Trinajstić information content (AvgIpc) is 3.43. The first-order valence-corrected chi connectivity index (χ1v) is 13.2. The minimum absolute atomic E-state index is 0.0312. The van der Waals surface area contributed by atoms with Crippen LogP contribution < -0.4 is 9.64 Å². The number of carbonyl (C=O) groups is 1. The zero-order valence-corrected chi connectivity index (χ0v) is 22.2. The van der Waals surface area contributed by atoms with Crippen LogP contribution in [0.4, 0.5) is 10.2 Å². The summed E-state index contributed by atoms with van der Waals surface area (Å²) < 4.78 is 21.3. The summed E-state index contributed by atoms with van der Waals surface area (Å²) >= 11 is 0. The third-order valence-corrected chi connectivity index (χ3v) is 7.54. The number of methoxy groups -OCH3 is 1. The number of para-hydroxylation sites is 1. The monoisotopic (exact) mass is 523 g/mol. The molecule has 6 rings (SSSR count). The van der Waals surface area contributed by atoms with Gasteiger partial charge < -0.3 is 19.5 Å². The van der Waals surface area contributed by atoms with E-state index in [1.165, 1.54) is 0 Å². The van der Waals surface area contributed by atoms with Crippen LogP contribution in [0.5, 0.6) is 5.75 Å². The quantitative estimate of drug-likeness (QED) is 0.305. The van der Waals surface area contributed by atoms with E-state index in [1.54, 1.807) is 25.6 Å². The van der Waals surface area contributed by atoms with Gasteiger partial charge in [0.2, 0.25) is 0 Å². The Kier molecular flexibility index (Phi) is 6.38. The van der Waals surface area contributed by atoms with Gasteiger partial charge in [-0.3, -0.25) is 9.78 Å². The molecule has 1 saturated heterocycles. The number of ether oxygens (including phenoxy) is 1. The Hall–Kier alpha value is -4.46. The molecule has 4 heterocycles. The number of anilines is 1. The van der Waals surface area contributed by atoms with Gasteiger partial charge in [0.05, 0.1) is 12.6 Å². The number of nitrogens with zero attached hydrogens (tertiary/aromatic N) is 4. The summed E-state index contributed by atoms with van der Waals surface area (Å²) in [6.07, 6.45) is 5.41. The number of carbonyl (C=O) groups excluding carboxylic acids is 1. The molecule has 1 fully saturated rings. The van der Waals surface area contributed by atoms with Gasteiger partial charge in [0.15, 0.2) is 5.82 Å². The third kappa shape index (κ3) is 4.35. The predicted octanol–water partition coefficient (Wildman–Crippen LogP) is 6.01. The van der Waals surface area contributed by atoms with Gasteiger partial charge in [-0.05, 0) is 52.8 Å². The SMILES string of the molecule is COc1ccccc1-c1cc(C(C)C)c(F)c2[nH]c(C(=O)N3CCN(c4nccc5ccncc45)CC3)cc12. The Morgan fingerprint density at radius 2 is 1.77 bits per heavy atom. The van der Waals surface area contributed by atoms with Crippen LogP contribution in [0.2, 0.25) is 0 Å². The first-order chi connectivity index (χ1) is 19.0. The van der Waals surface area contributed by atoms with E-state index in [2.05, 4.69) is 19.9 Å². The number of amides is 1. The Labute approximate surface area is 226 Å². The maximum Gasteiger partial charge on any atom is 0.270 e. The van der Waals surface area contributed by atoms with Crippen molar-refractivity contribution in [1.29, 1.82) is 0 Å². The Bertz CT molecular complexity index is 1680. The van der Waals surface area contributed by atoms with Crippen LogP contribution >= 0.6 is 0 Å². The summed E-state index contributed by atoms with van der Waals surface area (Å²) in [6.45, 7) is 6.28. The standard InChI is InChI=1S/C31H30FN5O2/c1-19(2)22-16-23(21-6-4-5-7-27(21)39-3)24-17-26(35-29(24)28(22)32)31(38)37-14-12-36(13-15-37)30-25-18-33-10-8-20(25)9-11-34-30/h4-11,16-19,35H,12-15H2,1-3H3. The predicted molar refractivity (Wildman–Crippen MR) is 152 cm³/mol. The van der Waals surface area contributed by atoms with Gasteiger partial charge in [0.1, 0.15) is 17.3 Å². The Morgan fingerprint density at radius 3 is 2.54 bits per heavy atom. The van der Waals surface area contributed by atoms with E-state index < -0.39 is 0 Å². The van der Waals surface area contributed by atoms with Gasteiger partial charge in [-0.25, -0.2) is 9.37 Å². The van der Waals surface area contributed by atoms with Crippen molar-refractivity contribution in [3.05, 3.63) is 84.2 Å². The van der Waals surface area contributed by atoms with Crippen molar-refractivity contribution < 1.29 is 13.9 Å². The van der Waals surface area contributed by atoms with Crippen LogP contribution in [0.3, 0.4) is 0 Å². The lowest BCUT2D eigenvalue weighted by molar-refractivity contribution is 0.0741. The van der Waals surface area contributed by atoms with Gasteiger partial charge in [0, 0.05) is 61.1 Å². The van der Waals surface area contributed by atoms with Crippen molar-refractivity contribution in [2.45, 2.75) is 19.8 Å². The fraction of sp³-hybridized carbons (Fsp3) is 0.258. The van der Waals surface area contributed by atoms with E-state index in [0.717, 1.165) is 27.7 Å². The van der Waals surface area contributed by atoms with Crippen molar-refractivity contribution in [2.75, 3.05) is 38.2 Å². The lowest BCUT2D eigenvalue weighted by Gasteiger charge is -2.35. The number of aromatic amines is 1. The number of H-pyrrole nitrogens is 1. The number of piperazine rings is 1. The first-order valence-electron chi connectivity index (χ1n) is 13.2. The van der Waals surface area contributed by atoms with Crippen LogP contribution in [-0.2, 0) is 0 Å². The zero-order chi connectivity index (χ0) is 27.1. The molecule has 0 bridgehead atoms. The topological polar surface area (TPSA) is 74.4 Å². The number of nitrogens with one attached hydrogen (secondary N) is 1. The minimum Gasteiger partial charge on any atom is -0.496 e. The van der Waals surface area contributed by atoms with Crippen LogP contribution in [-0.4, -0.2) is 59.0 Å². The van der Waals surface area contributed by atoms with Gasteiger partial charge in [-0.1, -0.05) is 32.0 Å². The highest BCUT2D eigenvalue weighted by Gasteiger charge is 2.27. The second kappa shape index (κ2) is 10.0. The molecule has 0 spiro atoms. The molecule has 1 aliphatic heterocycles. The first kappa shape index (κ1) is 24.9. The Morgan fingerprint density at radius 1 is 1.00 bits per heavy atom. The molecule has 0 atom stereocenters. The average molecular weight is 524 g/mol. The highest BCUT2D eigenvalue weighted by Crippen LogP contribution is 2.39. The lowest BCUT2D eigenvalue weighted by Crippen LogP contribution is -2.49. The second-order valence-electron chi connectivity index (χ2n) is 10.2. The summed E-state index contributed by atoms with van der Waals surface area (Å²) in [7, 11) is 1.62. The molecule has 0 radical (unpaired) electrons. The molecule has 1 aliphatic rings. The second-order valence-corrected chi connectivity index (χ2v) is 10.2. The summed E-state index contributed by atoms with van der Waals surface area (Å²) in [6, 6.07) is 15.3. The number of halogens is 1. The highest BCUT2D eigenvalue weighted by atomic mass is 19.1. The van der Waals surface area contributed by atoms with Crippen molar-refractivity contribution in [3.63, 3.8) is 0 Å². The molecule has 3 aromatic heterocycles. The molecule has 1 N–H and O–H groups in total. The normalized spacial score (nSPS) is 14.0. The molecule has 1 amide bonds. The van der Waals surface area contributed by atoms with E-state index in [9.17, 15) is 4.79 Å². The number of hydrogen-bond donors (Lipinski definition) is 1. The number of pyridine rings is 2. The third-order valence-electron chi connectivity index (χ3n) is 7.54. The molecule has 7 nitrogen and oxygen atoms in total. The fourth-order valence-electron chi connectivity index (χ4n) is 5.45. The minimum atomic E-state index is -0.321. The fourth-order valence-corrected chi connectivity index (χ4v) is 5.45. The molecule has 0 saturated carbocycles. The Balaban J connectivity index is 1.32. The van der Waals surface area contributed by atoms with E-state index in [-0.39, 0.29) is 17.6 Å². The van der Waals surface area contributed by atoms with Crippen LogP contribution in [0.15, 0.2) is 67.1 Å². The number of benzene rings is 2. The van der Waals surface area contributed by atoms with Crippen molar-refractivity contribution in [1.82, 2.24) is 19.9 Å². The van der Waals surface area contributed by atoms with Gasteiger partial charge >= 0.3 is 0 Å². The molecule has 2 aromatic carbocycles. The van der Waals surface area contributed by atoms with Crippen LogP contribution in [0.25, 0.3) is 32.8 Å². The van der Waals surface area contributed by atoms with Crippen molar-refractivity contribution in [2.24, 2.45) is 0 Å². The van der Waals surface area contributed by atoms with Crippen molar-refractivity contribution in [3.8, 4) is 16.9 Å². The summed E-state index contributed by atoms with van der Waals surface area (Å²) in [4.78, 5) is 29.6. The number of fused-ring (bicyclic) bond motifs is 2. The highest BCUT2D eigenvalue weighted by molar-refractivity contribution is 6.04. The summed E-state index contributed by atoms with van der Waals surface area (Å²) in [5.74, 6) is 1.08. The molecule has 198 valence electrons. The van der Waals surface area contributed by atoms with Gasteiger partial charge in [-0.15, -0.1) is 0 Å². The van der Waals surface area contributed by atoms with Gasteiger partial charge in [0.25, 0.3) is 5.91 Å². The summed E-state index contributed by atoms with van der Waals surface area (Å²) in [5.41, 5.74) is 3.01. The van der Waals surface area contributed by atoms with E-state index in [4.69, 9.17) is 4.74 Å². The molecule has 39 heavy (non-hydrogen) atoms. The molecule has 0 aliphatic carbocycles. The molecule has 8 heteroatoms. The summed E-state index contributed by atoms with van der Waals surface area (Å²) in [5, 5.41) is 2.74. The maximum atomic E-state index is 15.7. The smallest absolute Gasteiger partial charge is 0.270 e. The largest absolute Gasteiger partial charge is 0.496 e. The van der Waals surface area contributed by atoms with E-state index >= 15 is 4.39 Å². The molecule has 0 unspecified atom stereocenters. The van der Waals surface area contributed by atoms with Crippen LogP contribution in [0, 0.1) is 5.82 Å².